The zero-order chi connectivity index (χ0) is 16.3. The van der Waals surface area contributed by atoms with Crippen LogP contribution in [0, 0.1) is 6.92 Å². The molecule has 3 nitrogen and oxygen atoms in total. The summed E-state index contributed by atoms with van der Waals surface area (Å²) < 4.78 is 2.30. The molecule has 1 aliphatic rings. The Balaban J connectivity index is 1.89. The number of aromatic nitrogens is 3. The van der Waals surface area contributed by atoms with Gasteiger partial charge in [0.2, 0.25) is 0 Å². The van der Waals surface area contributed by atoms with E-state index < -0.39 is 0 Å². The van der Waals surface area contributed by atoms with Gasteiger partial charge >= 0.3 is 0 Å². The minimum atomic E-state index is 0.644. The topological polar surface area (TPSA) is 30.7 Å². The summed E-state index contributed by atoms with van der Waals surface area (Å²) in [6, 6.07) is 14.9. The number of imidazole rings is 1. The maximum atomic E-state index is 4.92. The van der Waals surface area contributed by atoms with E-state index in [0.717, 1.165) is 11.0 Å². The highest BCUT2D eigenvalue weighted by atomic mass is 15.1. The maximum Gasteiger partial charge on any atom is 0.112 e. The number of rotatable bonds is 2. The SMILES string of the molecule is Cc1ccc2ncccc2c1-c1cccc2nc(C3CC3)n(C)c12. The van der Waals surface area contributed by atoms with Crippen LogP contribution in [0.5, 0.6) is 0 Å². The fourth-order valence-electron chi connectivity index (χ4n) is 3.81. The van der Waals surface area contributed by atoms with Crippen LogP contribution in [0.1, 0.15) is 30.1 Å². The summed E-state index contributed by atoms with van der Waals surface area (Å²) in [7, 11) is 2.16. The Bertz CT molecular complexity index is 1090. The third-order valence-electron chi connectivity index (χ3n) is 5.13. The normalized spacial score (nSPS) is 14.6. The van der Waals surface area contributed by atoms with Gasteiger partial charge in [-0.1, -0.05) is 24.3 Å². The Morgan fingerprint density at radius 2 is 1.88 bits per heavy atom. The monoisotopic (exact) mass is 313 g/mol. The van der Waals surface area contributed by atoms with E-state index in [9.17, 15) is 0 Å². The van der Waals surface area contributed by atoms with Gasteiger partial charge in [0, 0.05) is 30.1 Å². The molecule has 1 aliphatic carbocycles. The lowest BCUT2D eigenvalue weighted by Gasteiger charge is -2.12. The van der Waals surface area contributed by atoms with Gasteiger partial charge in [-0.25, -0.2) is 4.98 Å². The number of fused-ring (bicyclic) bond motifs is 2. The average molecular weight is 313 g/mol. The molecule has 3 heteroatoms. The number of hydrogen-bond donors (Lipinski definition) is 0. The van der Waals surface area contributed by atoms with E-state index >= 15 is 0 Å². The molecule has 2 heterocycles. The molecule has 0 radical (unpaired) electrons. The van der Waals surface area contributed by atoms with Crippen LogP contribution in [-0.2, 0) is 7.05 Å². The lowest BCUT2D eigenvalue weighted by molar-refractivity contribution is 0.820. The molecule has 0 bridgehead atoms. The fraction of sp³-hybridized carbons (Fsp3) is 0.238. The first-order valence-corrected chi connectivity index (χ1v) is 8.54. The van der Waals surface area contributed by atoms with Crippen LogP contribution in [0.3, 0.4) is 0 Å². The molecule has 0 N–H and O–H groups in total. The third kappa shape index (κ3) is 1.91. The molecular weight excluding hydrogens is 294 g/mol. The quantitative estimate of drug-likeness (QED) is 0.523. The van der Waals surface area contributed by atoms with E-state index in [0.29, 0.717) is 5.92 Å². The Labute approximate surface area is 141 Å². The van der Waals surface area contributed by atoms with E-state index in [-0.39, 0.29) is 0 Å². The van der Waals surface area contributed by atoms with Crippen molar-refractivity contribution in [1.29, 1.82) is 0 Å². The Morgan fingerprint density at radius 3 is 2.71 bits per heavy atom. The van der Waals surface area contributed by atoms with Gasteiger partial charge in [0.15, 0.2) is 0 Å². The second-order valence-corrected chi connectivity index (χ2v) is 6.80. The molecule has 0 atom stereocenters. The molecule has 0 amide bonds. The molecule has 0 aliphatic heterocycles. The first-order chi connectivity index (χ1) is 11.7. The molecule has 0 unspecified atom stereocenters. The lowest BCUT2D eigenvalue weighted by atomic mass is 9.95. The summed E-state index contributed by atoms with van der Waals surface area (Å²) in [6.07, 6.45) is 4.39. The van der Waals surface area contributed by atoms with Crippen molar-refractivity contribution in [3.63, 3.8) is 0 Å². The summed E-state index contributed by atoms with van der Waals surface area (Å²) in [4.78, 5) is 9.45. The smallest absolute Gasteiger partial charge is 0.112 e. The second kappa shape index (κ2) is 4.91. The number of para-hydroxylation sites is 1. The Kier molecular flexibility index (Phi) is 2.81. The van der Waals surface area contributed by atoms with Gasteiger partial charge in [-0.15, -0.1) is 0 Å². The minimum absolute atomic E-state index is 0.644. The summed E-state index contributed by atoms with van der Waals surface area (Å²) in [5.41, 5.74) is 7.18. The van der Waals surface area contributed by atoms with Crippen LogP contribution in [-0.4, -0.2) is 14.5 Å². The molecule has 1 fully saturated rings. The standard InChI is InChI=1S/C21H19N3/c1-13-8-11-17-15(6-4-12-22-17)19(13)16-5-3-7-18-20(16)24(2)21(23-18)14-9-10-14/h3-8,11-12,14H,9-10H2,1-2H3. The Morgan fingerprint density at radius 1 is 1.00 bits per heavy atom. The van der Waals surface area contributed by atoms with Crippen LogP contribution >= 0.6 is 0 Å². The van der Waals surface area contributed by atoms with Crippen LogP contribution in [0.15, 0.2) is 48.7 Å². The van der Waals surface area contributed by atoms with E-state index in [4.69, 9.17) is 4.98 Å². The number of benzene rings is 2. The second-order valence-electron chi connectivity index (χ2n) is 6.80. The van der Waals surface area contributed by atoms with Gasteiger partial charge in [-0.2, -0.15) is 0 Å². The van der Waals surface area contributed by atoms with E-state index in [1.807, 2.05) is 12.3 Å². The molecule has 0 spiro atoms. The van der Waals surface area contributed by atoms with Crippen molar-refractivity contribution in [2.75, 3.05) is 0 Å². The summed E-state index contributed by atoms with van der Waals surface area (Å²) in [5, 5.41) is 1.21. The van der Waals surface area contributed by atoms with Crippen molar-refractivity contribution >= 4 is 21.9 Å². The van der Waals surface area contributed by atoms with E-state index in [1.165, 1.54) is 46.3 Å². The van der Waals surface area contributed by atoms with Crippen molar-refractivity contribution in [2.24, 2.45) is 7.05 Å². The Hall–Kier alpha value is -2.68. The van der Waals surface area contributed by atoms with E-state index in [2.05, 4.69) is 59.9 Å². The van der Waals surface area contributed by atoms with Gasteiger partial charge in [-0.05, 0) is 49.1 Å². The van der Waals surface area contributed by atoms with Crippen molar-refractivity contribution in [3.05, 3.63) is 60.0 Å². The third-order valence-corrected chi connectivity index (χ3v) is 5.13. The minimum Gasteiger partial charge on any atom is -0.330 e. The van der Waals surface area contributed by atoms with Crippen LogP contribution in [0.2, 0.25) is 0 Å². The van der Waals surface area contributed by atoms with Crippen LogP contribution in [0.25, 0.3) is 33.1 Å². The zero-order valence-corrected chi connectivity index (χ0v) is 14.0. The van der Waals surface area contributed by atoms with Gasteiger partial charge in [0.1, 0.15) is 5.82 Å². The molecule has 24 heavy (non-hydrogen) atoms. The van der Waals surface area contributed by atoms with Crippen LogP contribution < -0.4 is 0 Å². The highest BCUT2D eigenvalue weighted by Crippen LogP contribution is 2.42. The van der Waals surface area contributed by atoms with Crippen molar-refractivity contribution in [2.45, 2.75) is 25.7 Å². The first kappa shape index (κ1) is 13.7. The fourth-order valence-corrected chi connectivity index (χ4v) is 3.81. The molecule has 118 valence electrons. The van der Waals surface area contributed by atoms with Crippen molar-refractivity contribution < 1.29 is 0 Å². The highest BCUT2D eigenvalue weighted by molar-refractivity contribution is 6.04. The van der Waals surface area contributed by atoms with Crippen molar-refractivity contribution in [3.8, 4) is 11.1 Å². The molecular formula is C21H19N3. The highest BCUT2D eigenvalue weighted by Gasteiger charge is 2.29. The van der Waals surface area contributed by atoms with Crippen LogP contribution in [0.4, 0.5) is 0 Å². The summed E-state index contributed by atoms with van der Waals surface area (Å²) >= 11 is 0. The zero-order valence-electron chi connectivity index (χ0n) is 14.0. The van der Waals surface area contributed by atoms with Gasteiger partial charge in [-0.3, -0.25) is 4.98 Å². The largest absolute Gasteiger partial charge is 0.330 e. The summed E-state index contributed by atoms with van der Waals surface area (Å²) in [6.45, 7) is 2.18. The van der Waals surface area contributed by atoms with E-state index in [1.54, 1.807) is 0 Å². The maximum absolute atomic E-state index is 4.92. The molecule has 2 aromatic carbocycles. The molecule has 5 rings (SSSR count). The number of pyridine rings is 1. The first-order valence-electron chi connectivity index (χ1n) is 8.54. The summed E-state index contributed by atoms with van der Waals surface area (Å²) in [5.74, 6) is 1.87. The average Bonchev–Trinajstić information content (AvgIpc) is 3.39. The molecule has 2 aromatic heterocycles. The predicted molar refractivity (Wildman–Crippen MR) is 98.2 cm³/mol. The van der Waals surface area contributed by atoms with Crippen molar-refractivity contribution in [1.82, 2.24) is 14.5 Å². The number of nitrogens with zero attached hydrogens (tertiary/aromatic N) is 3. The molecule has 1 saturated carbocycles. The predicted octanol–water partition coefficient (Wildman–Crippen LogP) is 4.97. The molecule has 0 saturated heterocycles. The van der Waals surface area contributed by atoms with Gasteiger partial charge < -0.3 is 4.57 Å². The van der Waals surface area contributed by atoms with Gasteiger partial charge in [0.05, 0.1) is 16.6 Å². The lowest BCUT2D eigenvalue weighted by Crippen LogP contribution is -1.97. The number of hydrogen-bond acceptors (Lipinski definition) is 2. The van der Waals surface area contributed by atoms with Gasteiger partial charge in [0.25, 0.3) is 0 Å². The molecule has 4 aromatic rings. The number of aryl methyl sites for hydroxylation is 2.